The second-order valence-electron chi connectivity index (χ2n) is 4.48. The fourth-order valence-electron chi connectivity index (χ4n) is 2.00. The highest BCUT2D eigenvalue weighted by atomic mass is 35.5. The highest BCUT2D eigenvalue weighted by Gasteiger charge is 2.17. The second kappa shape index (κ2) is 5.58. The van der Waals surface area contributed by atoms with Gasteiger partial charge in [0.05, 0.1) is 12.5 Å². The molecule has 0 saturated heterocycles. The molecule has 0 N–H and O–H groups in total. The molecule has 0 aliphatic carbocycles. The molecule has 0 saturated carbocycles. The van der Waals surface area contributed by atoms with Crippen LogP contribution in [0.3, 0.4) is 0 Å². The van der Waals surface area contributed by atoms with Gasteiger partial charge < -0.3 is 4.74 Å². The van der Waals surface area contributed by atoms with Crippen molar-refractivity contribution < 1.29 is 4.74 Å². The fraction of sp³-hybridized carbons (Fsp3) is 0.571. The van der Waals surface area contributed by atoms with Gasteiger partial charge in [0.1, 0.15) is 5.75 Å². The molecule has 0 spiro atoms. The zero-order valence-electron chi connectivity index (χ0n) is 10.8. The third kappa shape index (κ3) is 2.70. The molecule has 1 aromatic carbocycles. The van der Waals surface area contributed by atoms with Gasteiger partial charge >= 0.3 is 0 Å². The van der Waals surface area contributed by atoms with Gasteiger partial charge in [-0.15, -0.1) is 11.6 Å². The van der Waals surface area contributed by atoms with Crippen LogP contribution in [0.1, 0.15) is 42.3 Å². The summed E-state index contributed by atoms with van der Waals surface area (Å²) in [5.74, 6) is 1.46. The summed E-state index contributed by atoms with van der Waals surface area (Å²) in [7, 11) is 1.71. The van der Waals surface area contributed by atoms with Crippen LogP contribution in [-0.2, 0) is 0 Å². The molecule has 2 atom stereocenters. The van der Waals surface area contributed by atoms with Crippen LogP contribution in [0, 0.1) is 19.8 Å². The standard InChI is InChI=1S/C14H21ClO/c1-6-9(2)13(15)12-7-10(3)14(16-5)11(4)8-12/h7-9,13H,6H2,1-5H3. The molecule has 1 aromatic rings. The lowest BCUT2D eigenvalue weighted by atomic mass is 9.95. The van der Waals surface area contributed by atoms with Gasteiger partial charge in [-0.2, -0.15) is 0 Å². The highest BCUT2D eigenvalue weighted by Crippen LogP contribution is 2.34. The first-order chi connectivity index (χ1) is 7.51. The zero-order valence-corrected chi connectivity index (χ0v) is 11.6. The van der Waals surface area contributed by atoms with Crippen molar-refractivity contribution in [3.63, 3.8) is 0 Å². The van der Waals surface area contributed by atoms with Crippen molar-refractivity contribution in [2.24, 2.45) is 5.92 Å². The molecule has 1 nitrogen and oxygen atoms in total. The summed E-state index contributed by atoms with van der Waals surface area (Å²) in [5.41, 5.74) is 3.52. The molecule has 0 amide bonds. The first kappa shape index (κ1) is 13.4. The Labute approximate surface area is 104 Å². The average Bonchev–Trinajstić information content (AvgIpc) is 2.26. The van der Waals surface area contributed by atoms with Gasteiger partial charge in [-0.1, -0.05) is 32.4 Å². The molecular formula is C14H21ClO. The monoisotopic (exact) mass is 240 g/mol. The van der Waals surface area contributed by atoms with E-state index in [2.05, 4.69) is 39.8 Å². The number of alkyl halides is 1. The minimum atomic E-state index is 0.0910. The lowest BCUT2D eigenvalue weighted by molar-refractivity contribution is 0.408. The molecular weight excluding hydrogens is 220 g/mol. The number of rotatable bonds is 4. The average molecular weight is 241 g/mol. The van der Waals surface area contributed by atoms with Crippen LogP contribution >= 0.6 is 11.6 Å². The van der Waals surface area contributed by atoms with E-state index in [-0.39, 0.29) is 5.38 Å². The SMILES string of the molecule is CCC(C)C(Cl)c1cc(C)c(OC)c(C)c1. The van der Waals surface area contributed by atoms with E-state index in [0.717, 1.165) is 23.3 Å². The minimum absolute atomic E-state index is 0.0910. The van der Waals surface area contributed by atoms with Crippen molar-refractivity contribution in [3.8, 4) is 5.75 Å². The zero-order chi connectivity index (χ0) is 12.3. The molecule has 1 rings (SSSR count). The summed E-state index contributed by atoms with van der Waals surface area (Å²) in [6.07, 6.45) is 1.10. The Balaban J connectivity index is 3.08. The normalized spacial score (nSPS) is 14.6. The van der Waals surface area contributed by atoms with Gasteiger partial charge in [-0.05, 0) is 36.5 Å². The van der Waals surface area contributed by atoms with E-state index >= 15 is 0 Å². The minimum Gasteiger partial charge on any atom is -0.496 e. The van der Waals surface area contributed by atoms with Crippen molar-refractivity contribution in [1.82, 2.24) is 0 Å². The van der Waals surface area contributed by atoms with Crippen molar-refractivity contribution >= 4 is 11.6 Å². The smallest absolute Gasteiger partial charge is 0.124 e. The second-order valence-corrected chi connectivity index (χ2v) is 4.95. The molecule has 2 unspecified atom stereocenters. The topological polar surface area (TPSA) is 9.23 Å². The van der Waals surface area contributed by atoms with E-state index in [4.69, 9.17) is 16.3 Å². The van der Waals surface area contributed by atoms with Crippen molar-refractivity contribution in [2.45, 2.75) is 39.5 Å². The Morgan fingerprint density at radius 3 is 2.12 bits per heavy atom. The molecule has 2 heteroatoms. The number of hydrogen-bond acceptors (Lipinski definition) is 1. The summed E-state index contributed by atoms with van der Waals surface area (Å²) < 4.78 is 5.35. The maximum Gasteiger partial charge on any atom is 0.124 e. The molecule has 0 heterocycles. The van der Waals surface area contributed by atoms with E-state index < -0.39 is 0 Å². The number of aryl methyl sites for hydroxylation is 2. The van der Waals surface area contributed by atoms with E-state index in [1.165, 1.54) is 5.56 Å². The van der Waals surface area contributed by atoms with Crippen molar-refractivity contribution in [3.05, 3.63) is 28.8 Å². The lowest BCUT2D eigenvalue weighted by Gasteiger charge is -2.19. The highest BCUT2D eigenvalue weighted by molar-refractivity contribution is 6.21. The largest absolute Gasteiger partial charge is 0.496 e. The summed E-state index contributed by atoms with van der Waals surface area (Å²) in [6.45, 7) is 8.49. The van der Waals surface area contributed by atoms with Gasteiger partial charge in [0, 0.05) is 0 Å². The molecule has 0 bridgehead atoms. The Bertz CT molecular complexity index is 337. The number of methoxy groups -OCH3 is 1. The molecule has 0 aromatic heterocycles. The summed E-state index contributed by atoms with van der Waals surface area (Å²) in [5, 5.41) is 0.0910. The number of ether oxygens (including phenoxy) is 1. The predicted octanol–water partition coefficient (Wildman–Crippen LogP) is 4.64. The summed E-state index contributed by atoms with van der Waals surface area (Å²) in [4.78, 5) is 0. The summed E-state index contributed by atoms with van der Waals surface area (Å²) >= 11 is 6.46. The maximum absolute atomic E-state index is 6.46. The van der Waals surface area contributed by atoms with Gasteiger partial charge in [-0.3, -0.25) is 0 Å². The van der Waals surface area contributed by atoms with E-state index in [1.807, 2.05) is 0 Å². The Kier molecular flexibility index (Phi) is 4.67. The Morgan fingerprint density at radius 2 is 1.75 bits per heavy atom. The molecule has 90 valence electrons. The first-order valence-corrected chi connectivity index (χ1v) is 6.24. The lowest BCUT2D eigenvalue weighted by Crippen LogP contribution is -2.04. The van der Waals surface area contributed by atoms with Crippen LogP contribution in [0.15, 0.2) is 12.1 Å². The molecule has 0 aliphatic rings. The number of hydrogen-bond donors (Lipinski definition) is 0. The molecule has 0 radical (unpaired) electrons. The van der Waals surface area contributed by atoms with Crippen molar-refractivity contribution in [2.75, 3.05) is 7.11 Å². The van der Waals surface area contributed by atoms with Crippen molar-refractivity contribution in [1.29, 1.82) is 0 Å². The Hall–Kier alpha value is -0.690. The van der Waals surface area contributed by atoms with E-state index in [9.17, 15) is 0 Å². The van der Waals surface area contributed by atoms with Crippen LogP contribution in [0.4, 0.5) is 0 Å². The van der Waals surface area contributed by atoms with Gasteiger partial charge in [-0.25, -0.2) is 0 Å². The van der Waals surface area contributed by atoms with Crippen LogP contribution in [0.5, 0.6) is 5.75 Å². The van der Waals surface area contributed by atoms with Gasteiger partial charge in [0.25, 0.3) is 0 Å². The quantitative estimate of drug-likeness (QED) is 0.697. The van der Waals surface area contributed by atoms with E-state index in [1.54, 1.807) is 7.11 Å². The van der Waals surface area contributed by atoms with E-state index in [0.29, 0.717) is 5.92 Å². The third-order valence-corrected chi connectivity index (χ3v) is 3.83. The third-order valence-electron chi connectivity index (χ3n) is 3.15. The fourth-order valence-corrected chi connectivity index (χ4v) is 2.30. The first-order valence-electron chi connectivity index (χ1n) is 5.80. The predicted molar refractivity (Wildman–Crippen MR) is 70.5 cm³/mol. The number of benzene rings is 1. The van der Waals surface area contributed by atoms with Crippen LogP contribution < -0.4 is 4.74 Å². The molecule has 0 aliphatic heterocycles. The number of halogens is 1. The van der Waals surface area contributed by atoms with Gasteiger partial charge in [0.2, 0.25) is 0 Å². The van der Waals surface area contributed by atoms with Crippen LogP contribution in [-0.4, -0.2) is 7.11 Å². The maximum atomic E-state index is 6.46. The molecule has 16 heavy (non-hydrogen) atoms. The van der Waals surface area contributed by atoms with Crippen LogP contribution in [0.25, 0.3) is 0 Å². The Morgan fingerprint density at radius 1 is 1.25 bits per heavy atom. The van der Waals surface area contributed by atoms with Gasteiger partial charge in [0.15, 0.2) is 0 Å². The van der Waals surface area contributed by atoms with Crippen LogP contribution in [0.2, 0.25) is 0 Å². The molecule has 0 fully saturated rings. The summed E-state index contributed by atoms with van der Waals surface area (Å²) in [6, 6.07) is 4.27.